The van der Waals surface area contributed by atoms with Gasteiger partial charge in [-0.15, -0.1) is 11.8 Å². The first-order chi connectivity index (χ1) is 11.1. The Bertz CT molecular complexity index is 801. The van der Waals surface area contributed by atoms with Crippen molar-refractivity contribution in [1.29, 1.82) is 0 Å². The Morgan fingerprint density at radius 2 is 1.87 bits per heavy atom. The molecule has 0 aliphatic carbocycles. The summed E-state index contributed by atoms with van der Waals surface area (Å²) < 4.78 is 27.5. The van der Waals surface area contributed by atoms with Crippen LogP contribution < -0.4 is 0 Å². The topological polar surface area (TPSA) is 30.7 Å². The van der Waals surface area contributed by atoms with Crippen LogP contribution in [0.2, 0.25) is 5.02 Å². The highest BCUT2D eigenvalue weighted by Gasteiger charge is 2.18. The lowest BCUT2D eigenvalue weighted by molar-refractivity contribution is 0.145. The lowest BCUT2D eigenvalue weighted by Gasteiger charge is -2.07. The van der Waals surface area contributed by atoms with Gasteiger partial charge in [0.15, 0.2) is 5.82 Å². The zero-order valence-corrected chi connectivity index (χ0v) is 13.7. The maximum Gasteiger partial charge on any atom is 0.282 e. The Kier molecular flexibility index (Phi) is 4.63. The van der Waals surface area contributed by atoms with E-state index in [1.54, 1.807) is 48.3 Å². The average molecular weight is 352 g/mol. The van der Waals surface area contributed by atoms with Gasteiger partial charge in [-0.05, 0) is 36.6 Å². The van der Waals surface area contributed by atoms with Crippen LogP contribution in [0, 0.1) is 0 Å². The smallest absolute Gasteiger partial charge is 0.236 e. The van der Waals surface area contributed by atoms with E-state index in [1.165, 1.54) is 10.7 Å². The number of thioether (sulfide) groups is 1. The highest BCUT2D eigenvalue weighted by atomic mass is 35.5. The number of hydrogen-bond donors (Lipinski definition) is 0. The van der Waals surface area contributed by atoms with E-state index in [9.17, 15) is 8.78 Å². The van der Waals surface area contributed by atoms with Gasteiger partial charge >= 0.3 is 0 Å². The van der Waals surface area contributed by atoms with Gasteiger partial charge in [0.1, 0.15) is 5.69 Å². The molecule has 23 heavy (non-hydrogen) atoms. The second-order valence-electron chi connectivity index (χ2n) is 4.73. The van der Waals surface area contributed by atoms with Gasteiger partial charge in [0.25, 0.3) is 6.43 Å². The molecule has 0 atom stereocenters. The third kappa shape index (κ3) is 3.38. The molecule has 0 N–H and O–H groups in total. The maximum atomic E-state index is 13.1. The van der Waals surface area contributed by atoms with E-state index < -0.39 is 6.43 Å². The number of aromatic nitrogens is 3. The maximum absolute atomic E-state index is 13.1. The summed E-state index contributed by atoms with van der Waals surface area (Å²) in [6, 6.07) is 12.0. The van der Waals surface area contributed by atoms with E-state index in [0.717, 1.165) is 10.5 Å². The Labute approximate surface area is 141 Å². The minimum absolute atomic E-state index is 0.286. The number of rotatable bonds is 4. The summed E-state index contributed by atoms with van der Waals surface area (Å²) in [5.74, 6) is 0.486. The van der Waals surface area contributed by atoms with Gasteiger partial charge in [0.2, 0.25) is 0 Å². The molecule has 0 spiro atoms. The molecule has 0 fully saturated rings. The predicted octanol–water partition coefficient (Wildman–Crippen LogP) is 5.25. The van der Waals surface area contributed by atoms with Crippen molar-refractivity contribution in [3.63, 3.8) is 0 Å². The summed E-state index contributed by atoms with van der Waals surface area (Å²) in [5, 5.41) is 4.58. The largest absolute Gasteiger partial charge is 0.282 e. The normalized spacial score (nSPS) is 11.2. The number of hydrogen-bond acceptors (Lipinski definition) is 3. The molecule has 1 aromatic carbocycles. The second kappa shape index (κ2) is 6.68. The minimum Gasteiger partial charge on any atom is -0.236 e. The molecule has 0 aliphatic rings. The number of benzene rings is 1. The van der Waals surface area contributed by atoms with Crippen LogP contribution in [0.4, 0.5) is 8.78 Å². The lowest BCUT2D eigenvalue weighted by Crippen LogP contribution is -2.02. The van der Waals surface area contributed by atoms with Crippen molar-refractivity contribution in [2.75, 3.05) is 6.26 Å². The quantitative estimate of drug-likeness (QED) is 0.602. The number of halogens is 3. The molecule has 3 rings (SSSR count). The fraction of sp³-hybridized carbons (Fsp3) is 0.125. The van der Waals surface area contributed by atoms with E-state index in [0.29, 0.717) is 16.5 Å². The van der Waals surface area contributed by atoms with Crippen LogP contribution in [0.5, 0.6) is 0 Å². The average Bonchev–Trinajstić information content (AvgIpc) is 3.01. The van der Waals surface area contributed by atoms with Crippen molar-refractivity contribution < 1.29 is 8.78 Å². The van der Waals surface area contributed by atoms with Crippen LogP contribution >= 0.6 is 23.4 Å². The minimum atomic E-state index is -2.65. The van der Waals surface area contributed by atoms with E-state index in [4.69, 9.17) is 11.6 Å². The Morgan fingerprint density at radius 1 is 1.13 bits per heavy atom. The van der Waals surface area contributed by atoms with Crippen molar-refractivity contribution in [2.24, 2.45) is 0 Å². The Morgan fingerprint density at radius 3 is 2.43 bits per heavy atom. The Hall–Kier alpha value is -1.92. The highest BCUT2D eigenvalue weighted by molar-refractivity contribution is 7.98. The molecule has 0 unspecified atom stereocenters. The van der Waals surface area contributed by atoms with E-state index in [1.807, 2.05) is 12.3 Å². The molecule has 118 valence electrons. The van der Waals surface area contributed by atoms with Gasteiger partial charge in [-0.1, -0.05) is 23.7 Å². The van der Waals surface area contributed by atoms with E-state index >= 15 is 0 Å². The molecule has 7 heteroatoms. The van der Waals surface area contributed by atoms with Crippen LogP contribution in [0.1, 0.15) is 12.1 Å². The van der Waals surface area contributed by atoms with Crippen LogP contribution in [0.15, 0.2) is 53.6 Å². The van der Waals surface area contributed by atoms with Crippen LogP contribution in [-0.2, 0) is 0 Å². The van der Waals surface area contributed by atoms with Gasteiger partial charge < -0.3 is 0 Å². The molecule has 0 saturated heterocycles. The summed E-state index contributed by atoms with van der Waals surface area (Å²) >= 11 is 7.45. The number of nitrogens with zero attached hydrogens (tertiary/aromatic N) is 3. The van der Waals surface area contributed by atoms with Crippen molar-refractivity contribution in [3.05, 3.63) is 59.4 Å². The summed E-state index contributed by atoms with van der Waals surface area (Å²) in [7, 11) is 0. The lowest BCUT2D eigenvalue weighted by atomic mass is 10.1. The molecule has 0 radical (unpaired) electrons. The van der Waals surface area contributed by atoms with Gasteiger partial charge in [0, 0.05) is 21.7 Å². The first kappa shape index (κ1) is 16.0. The van der Waals surface area contributed by atoms with Crippen LogP contribution in [0.25, 0.3) is 17.1 Å². The first-order valence-corrected chi connectivity index (χ1v) is 8.33. The third-order valence-corrected chi connectivity index (χ3v) is 4.23. The Balaban J connectivity index is 2.12. The highest BCUT2D eigenvalue weighted by Crippen LogP contribution is 2.28. The van der Waals surface area contributed by atoms with Gasteiger partial charge in [-0.25, -0.2) is 18.4 Å². The fourth-order valence-electron chi connectivity index (χ4n) is 2.13. The SMILES string of the molecule is CSc1ccc(-n2nc(C(F)F)cc2-c2ccc(Cl)cc2)nc1. The molecule has 2 heterocycles. The van der Waals surface area contributed by atoms with E-state index in [-0.39, 0.29) is 5.69 Å². The summed E-state index contributed by atoms with van der Waals surface area (Å²) in [6.07, 6.45) is 0.987. The van der Waals surface area contributed by atoms with Crippen molar-refractivity contribution in [1.82, 2.24) is 14.8 Å². The third-order valence-electron chi connectivity index (χ3n) is 3.27. The first-order valence-electron chi connectivity index (χ1n) is 6.73. The molecule has 3 nitrogen and oxygen atoms in total. The molecule has 0 saturated carbocycles. The van der Waals surface area contributed by atoms with Crippen molar-refractivity contribution in [2.45, 2.75) is 11.3 Å². The zero-order valence-electron chi connectivity index (χ0n) is 12.1. The number of pyridine rings is 1. The predicted molar refractivity (Wildman–Crippen MR) is 88.5 cm³/mol. The summed E-state index contributed by atoms with van der Waals surface area (Å²) in [5.41, 5.74) is 0.997. The molecule has 0 aliphatic heterocycles. The van der Waals surface area contributed by atoms with Crippen LogP contribution in [-0.4, -0.2) is 21.0 Å². The van der Waals surface area contributed by atoms with Gasteiger partial charge in [-0.3, -0.25) is 0 Å². The second-order valence-corrected chi connectivity index (χ2v) is 6.05. The molecule has 0 bridgehead atoms. The van der Waals surface area contributed by atoms with Gasteiger partial charge in [-0.2, -0.15) is 5.10 Å². The fourth-order valence-corrected chi connectivity index (χ4v) is 2.61. The summed E-state index contributed by atoms with van der Waals surface area (Å²) in [6.45, 7) is 0. The molecule has 3 aromatic rings. The van der Waals surface area contributed by atoms with Crippen molar-refractivity contribution in [3.8, 4) is 17.1 Å². The zero-order chi connectivity index (χ0) is 16.4. The van der Waals surface area contributed by atoms with Crippen LogP contribution in [0.3, 0.4) is 0 Å². The van der Waals surface area contributed by atoms with E-state index in [2.05, 4.69) is 10.1 Å². The summed E-state index contributed by atoms with van der Waals surface area (Å²) in [4.78, 5) is 5.29. The molecule has 2 aromatic heterocycles. The monoisotopic (exact) mass is 351 g/mol. The molecular formula is C16H12ClF2N3S. The molecule has 0 amide bonds. The molecular weight excluding hydrogens is 340 g/mol. The van der Waals surface area contributed by atoms with Gasteiger partial charge in [0.05, 0.1) is 5.69 Å². The van der Waals surface area contributed by atoms with Crippen molar-refractivity contribution >= 4 is 23.4 Å². The standard InChI is InChI=1S/C16H12ClF2N3S/c1-23-12-6-7-15(20-9-12)22-14(8-13(21-22)16(18)19)10-2-4-11(17)5-3-10/h2-9,16H,1H3. The number of alkyl halides is 2.